The first-order valence-electron chi connectivity index (χ1n) is 6.38. The van der Waals surface area contributed by atoms with Crippen molar-refractivity contribution in [2.75, 3.05) is 5.32 Å². The molecule has 0 radical (unpaired) electrons. The predicted octanol–water partition coefficient (Wildman–Crippen LogP) is 3.87. The molecule has 0 spiro atoms. The third kappa shape index (κ3) is 2.58. The van der Waals surface area contributed by atoms with Gasteiger partial charge in [-0.1, -0.05) is 25.1 Å². The highest BCUT2D eigenvalue weighted by atomic mass is 32.1. The van der Waals surface area contributed by atoms with Crippen LogP contribution in [0.4, 0.5) is 5.69 Å². The minimum Gasteiger partial charge on any atom is -0.378 e. The third-order valence-electron chi connectivity index (χ3n) is 3.03. The van der Waals surface area contributed by atoms with Crippen molar-refractivity contribution in [2.24, 2.45) is 0 Å². The van der Waals surface area contributed by atoms with E-state index in [9.17, 15) is 0 Å². The first-order valence-corrected chi connectivity index (χ1v) is 7.19. The number of fused-ring (bicyclic) bond motifs is 1. The van der Waals surface area contributed by atoms with Gasteiger partial charge >= 0.3 is 0 Å². The maximum Gasteiger partial charge on any atom is 0.112 e. The largest absolute Gasteiger partial charge is 0.378 e. The summed E-state index contributed by atoms with van der Waals surface area (Å²) in [6.07, 6.45) is 4.85. The van der Waals surface area contributed by atoms with E-state index in [1.165, 1.54) is 4.88 Å². The van der Waals surface area contributed by atoms with E-state index in [1.807, 2.05) is 36.7 Å². The first-order chi connectivity index (χ1) is 9.36. The Morgan fingerprint density at radius 1 is 1.16 bits per heavy atom. The van der Waals surface area contributed by atoms with Crippen LogP contribution in [0.25, 0.3) is 10.9 Å². The number of aryl methyl sites for hydroxylation is 1. The molecule has 1 aromatic carbocycles. The fourth-order valence-electron chi connectivity index (χ4n) is 2.01. The molecule has 0 saturated carbocycles. The van der Waals surface area contributed by atoms with Gasteiger partial charge in [-0.25, -0.2) is 4.98 Å². The van der Waals surface area contributed by atoms with Crippen molar-refractivity contribution in [1.29, 1.82) is 0 Å². The molecule has 4 heteroatoms. The summed E-state index contributed by atoms with van der Waals surface area (Å²) in [7, 11) is 0. The van der Waals surface area contributed by atoms with Gasteiger partial charge in [0.15, 0.2) is 0 Å². The fourth-order valence-corrected chi connectivity index (χ4v) is 2.82. The Morgan fingerprint density at radius 2 is 2.05 bits per heavy atom. The van der Waals surface area contributed by atoms with Gasteiger partial charge in [-0.05, 0) is 18.6 Å². The molecule has 0 aliphatic rings. The van der Waals surface area contributed by atoms with Crippen molar-refractivity contribution in [1.82, 2.24) is 9.97 Å². The summed E-state index contributed by atoms with van der Waals surface area (Å²) in [4.78, 5) is 10.1. The maximum atomic E-state index is 4.42. The Hall–Kier alpha value is -1.94. The lowest BCUT2D eigenvalue weighted by atomic mass is 10.2. The normalized spacial score (nSPS) is 10.8. The summed E-state index contributed by atoms with van der Waals surface area (Å²) in [5, 5.41) is 5.72. The number of pyridine rings is 1. The molecule has 0 saturated heterocycles. The zero-order valence-electron chi connectivity index (χ0n) is 10.8. The van der Waals surface area contributed by atoms with Crippen molar-refractivity contribution in [3.63, 3.8) is 0 Å². The molecular formula is C15H15N3S. The lowest BCUT2D eigenvalue weighted by Gasteiger charge is -2.07. The number of thiazole rings is 1. The zero-order chi connectivity index (χ0) is 13.1. The highest BCUT2D eigenvalue weighted by Gasteiger charge is 2.03. The Morgan fingerprint density at radius 3 is 2.89 bits per heavy atom. The van der Waals surface area contributed by atoms with Gasteiger partial charge in [0.25, 0.3) is 0 Å². The molecule has 0 unspecified atom stereocenters. The van der Waals surface area contributed by atoms with E-state index in [0.717, 1.165) is 34.6 Å². The fraction of sp³-hybridized carbons (Fsp3) is 0.200. The highest BCUT2D eigenvalue weighted by Crippen LogP contribution is 2.22. The number of nitrogens with zero attached hydrogens (tertiary/aromatic N) is 2. The van der Waals surface area contributed by atoms with E-state index in [1.54, 1.807) is 11.3 Å². The van der Waals surface area contributed by atoms with E-state index in [-0.39, 0.29) is 0 Å². The molecule has 2 heterocycles. The van der Waals surface area contributed by atoms with Crippen molar-refractivity contribution in [3.05, 3.63) is 52.6 Å². The molecule has 0 aliphatic carbocycles. The number of para-hydroxylation sites is 1. The van der Waals surface area contributed by atoms with Crippen LogP contribution >= 0.6 is 11.3 Å². The highest BCUT2D eigenvalue weighted by molar-refractivity contribution is 7.11. The first kappa shape index (κ1) is 12.1. The SMILES string of the molecule is CCc1cnc(CNc2ccnc3ccccc23)s1. The molecule has 0 bridgehead atoms. The molecule has 96 valence electrons. The van der Waals surface area contributed by atoms with Gasteiger partial charge in [-0.3, -0.25) is 4.98 Å². The number of benzene rings is 1. The number of aromatic nitrogens is 2. The van der Waals surface area contributed by atoms with Crippen LogP contribution in [0, 0.1) is 0 Å². The molecular weight excluding hydrogens is 254 g/mol. The second-order valence-corrected chi connectivity index (χ2v) is 5.50. The van der Waals surface area contributed by atoms with Crippen LogP contribution in [0.15, 0.2) is 42.7 Å². The molecule has 2 aromatic heterocycles. The number of anilines is 1. The van der Waals surface area contributed by atoms with Gasteiger partial charge in [-0.2, -0.15) is 0 Å². The van der Waals surface area contributed by atoms with Gasteiger partial charge in [0.2, 0.25) is 0 Å². The lowest BCUT2D eigenvalue weighted by molar-refractivity contribution is 1.10. The van der Waals surface area contributed by atoms with E-state index in [2.05, 4.69) is 28.3 Å². The monoisotopic (exact) mass is 269 g/mol. The smallest absolute Gasteiger partial charge is 0.112 e. The van der Waals surface area contributed by atoms with Crippen molar-refractivity contribution in [3.8, 4) is 0 Å². The topological polar surface area (TPSA) is 37.8 Å². The summed E-state index contributed by atoms with van der Waals surface area (Å²) >= 11 is 1.77. The Kier molecular flexibility index (Phi) is 3.42. The summed E-state index contributed by atoms with van der Waals surface area (Å²) in [6, 6.07) is 10.2. The molecule has 3 nitrogen and oxygen atoms in total. The van der Waals surface area contributed by atoms with Crippen LogP contribution in [0.5, 0.6) is 0 Å². The number of hydrogen-bond acceptors (Lipinski definition) is 4. The van der Waals surface area contributed by atoms with Gasteiger partial charge in [0.1, 0.15) is 5.01 Å². The number of nitrogens with one attached hydrogen (secondary N) is 1. The third-order valence-corrected chi connectivity index (χ3v) is 4.17. The quantitative estimate of drug-likeness (QED) is 0.781. The molecule has 19 heavy (non-hydrogen) atoms. The Labute approximate surface area is 116 Å². The van der Waals surface area contributed by atoms with E-state index in [4.69, 9.17) is 0 Å². The summed E-state index contributed by atoms with van der Waals surface area (Å²) in [5.74, 6) is 0. The van der Waals surface area contributed by atoms with Crippen LogP contribution < -0.4 is 5.32 Å². The standard InChI is InChI=1S/C15H15N3S/c1-2-11-9-18-15(19-11)10-17-14-7-8-16-13-6-4-3-5-12(13)14/h3-9H,2,10H2,1H3,(H,16,17). The van der Waals surface area contributed by atoms with Crippen molar-refractivity contribution >= 4 is 27.9 Å². The minimum atomic E-state index is 0.763. The molecule has 1 N–H and O–H groups in total. The van der Waals surface area contributed by atoms with E-state index >= 15 is 0 Å². The molecule has 0 fully saturated rings. The average Bonchev–Trinajstić information content (AvgIpc) is 2.93. The zero-order valence-corrected chi connectivity index (χ0v) is 11.6. The van der Waals surface area contributed by atoms with Crippen LogP contribution in [-0.2, 0) is 13.0 Å². The second-order valence-electron chi connectivity index (χ2n) is 4.30. The minimum absolute atomic E-state index is 0.763. The van der Waals surface area contributed by atoms with Crippen molar-refractivity contribution in [2.45, 2.75) is 19.9 Å². The molecule has 3 aromatic rings. The van der Waals surface area contributed by atoms with Gasteiger partial charge in [0, 0.05) is 28.3 Å². The average molecular weight is 269 g/mol. The Balaban J connectivity index is 1.81. The van der Waals surface area contributed by atoms with E-state index < -0.39 is 0 Å². The number of hydrogen-bond donors (Lipinski definition) is 1. The van der Waals surface area contributed by atoms with Crippen LogP contribution in [0.1, 0.15) is 16.8 Å². The second kappa shape index (κ2) is 5.36. The Bertz CT molecular complexity index is 685. The maximum absolute atomic E-state index is 4.42. The number of rotatable bonds is 4. The van der Waals surface area contributed by atoms with Gasteiger partial charge in [-0.15, -0.1) is 11.3 Å². The summed E-state index contributed by atoms with van der Waals surface area (Å²) in [5.41, 5.74) is 2.12. The predicted molar refractivity (Wildman–Crippen MR) is 80.6 cm³/mol. The van der Waals surface area contributed by atoms with Gasteiger partial charge < -0.3 is 5.32 Å². The summed E-state index contributed by atoms with van der Waals surface area (Å²) in [6.45, 7) is 2.92. The van der Waals surface area contributed by atoms with Crippen LogP contribution in [-0.4, -0.2) is 9.97 Å². The van der Waals surface area contributed by atoms with Crippen LogP contribution in [0.3, 0.4) is 0 Å². The van der Waals surface area contributed by atoms with Gasteiger partial charge in [0.05, 0.1) is 12.1 Å². The van der Waals surface area contributed by atoms with Crippen molar-refractivity contribution < 1.29 is 0 Å². The summed E-state index contributed by atoms with van der Waals surface area (Å²) < 4.78 is 0. The van der Waals surface area contributed by atoms with Crippen LogP contribution in [0.2, 0.25) is 0 Å². The molecule has 3 rings (SSSR count). The van der Waals surface area contributed by atoms with E-state index in [0.29, 0.717) is 0 Å². The lowest BCUT2D eigenvalue weighted by Crippen LogP contribution is -1.99. The molecule has 0 atom stereocenters. The molecule has 0 aliphatic heterocycles. The molecule has 0 amide bonds.